The van der Waals surface area contributed by atoms with E-state index in [1.807, 2.05) is 24.3 Å². The number of rotatable bonds is 7. The molecule has 0 aromatic heterocycles. The Kier molecular flexibility index (Phi) is 7.04. The summed E-state index contributed by atoms with van der Waals surface area (Å²) >= 11 is 3.40. The lowest BCUT2D eigenvalue weighted by Gasteiger charge is -2.16. The van der Waals surface area contributed by atoms with Crippen LogP contribution in [0.2, 0.25) is 0 Å². The van der Waals surface area contributed by atoms with Gasteiger partial charge in [0.15, 0.2) is 0 Å². The average molecular weight is 458 g/mol. The normalized spacial score (nSPS) is 16.0. The molecule has 0 unspecified atom stereocenters. The van der Waals surface area contributed by atoms with Crippen LogP contribution in [-0.2, 0) is 9.59 Å². The van der Waals surface area contributed by atoms with Gasteiger partial charge < -0.3 is 15.5 Å². The van der Waals surface area contributed by atoms with Crippen molar-refractivity contribution in [1.82, 2.24) is 4.90 Å². The topological polar surface area (TPSA) is 78.5 Å². The average Bonchev–Trinajstić information content (AvgIpc) is 3.09. The minimum Gasteiger partial charge on any atom is -0.342 e. The van der Waals surface area contributed by atoms with Gasteiger partial charge in [-0.3, -0.25) is 14.4 Å². The lowest BCUT2D eigenvalue weighted by molar-refractivity contribution is -0.128. The number of benzene rings is 2. The zero-order valence-electron chi connectivity index (χ0n) is 16.3. The highest BCUT2D eigenvalue weighted by Gasteiger charge is 2.33. The molecule has 6 nitrogen and oxygen atoms in total. The van der Waals surface area contributed by atoms with Crippen molar-refractivity contribution in [3.05, 3.63) is 58.6 Å². The quantitative estimate of drug-likeness (QED) is 0.650. The first-order valence-corrected chi connectivity index (χ1v) is 10.5. The van der Waals surface area contributed by atoms with Gasteiger partial charge in [-0.2, -0.15) is 0 Å². The van der Waals surface area contributed by atoms with Crippen LogP contribution in [0.4, 0.5) is 11.4 Å². The second-order valence-electron chi connectivity index (χ2n) is 7.09. The van der Waals surface area contributed by atoms with Crippen LogP contribution in [0.3, 0.4) is 0 Å². The zero-order chi connectivity index (χ0) is 20.8. The molecule has 1 atom stereocenters. The van der Waals surface area contributed by atoms with Crippen molar-refractivity contribution in [2.45, 2.75) is 26.2 Å². The maximum absolute atomic E-state index is 12.5. The van der Waals surface area contributed by atoms with E-state index < -0.39 is 0 Å². The van der Waals surface area contributed by atoms with Crippen LogP contribution in [0, 0.1) is 5.92 Å². The van der Waals surface area contributed by atoms with Gasteiger partial charge in [0.1, 0.15) is 0 Å². The first kappa shape index (κ1) is 21.0. The third-order valence-corrected chi connectivity index (χ3v) is 5.60. The molecule has 152 valence electrons. The van der Waals surface area contributed by atoms with E-state index in [-0.39, 0.29) is 30.1 Å². The molecule has 0 spiro atoms. The molecule has 29 heavy (non-hydrogen) atoms. The van der Waals surface area contributed by atoms with E-state index in [4.69, 9.17) is 0 Å². The Morgan fingerprint density at radius 1 is 1.10 bits per heavy atom. The number of carbonyl (C=O) groups is 3. The minimum atomic E-state index is -0.335. The number of unbranched alkanes of at least 4 members (excludes halogenated alkanes) is 1. The third-order valence-electron chi connectivity index (χ3n) is 4.90. The number of halogens is 1. The van der Waals surface area contributed by atoms with Gasteiger partial charge in [-0.05, 0) is 58.7 Å². The van der Waals surface area contributed by atoms with Crippen LogP contribution in [-0.4, -0.2) is 35.7 Å². The number of anilines is 2. The summed E-state index contributed by atoms with van der Waals surface area (Å²) in [5.74, 6) is -0.694. The molecule has 1 fully saturated rings. The van der Waals surface area contributed by atoms with E-state index in [9.17, 15) is 14.4 Å². The summed E-state index contributed by atoms with van der Waals surface area (Å²) < 4.78 is 0.802. The molecule has 2 aromatic carbocycles. The fourth-order valence-electron chi connectivity index (χ4n) is 3.22. The second kappa shape index (κ2) is 9.69. The highest BCUT2D eigenvalue weighted by Crippen LogP contribution is 2.23. The fourth-order valence-corrected chi connectivity index (χ4v) is 3.60. The number of likely N-dealkylation sites (tertiary alicyclic amines) is 1. The lowest BCUT2D eigenvalue weighted by Crippen LogP contribution is -2.29. The Morgan fingerprint density at radius 2 is 1.83 bits per heavy atom. The third kappa shape index (κ3) is 5.44. The number of hydrogen-bond acceptors (Lipinski definition) is 3. The number of amides is 3. The summed E-state index contributed by atoms with van der Waals surface area (Å²) in [5.41, 5.74) is 1.78. The van der Waals surface area contributed by atoms with Gasteiger partial charge in [0.2, 0.25) is 11.8 Å². The monoisotopic (exact) mass is 457 g/mol. The summed E-state index contributed by atoms with van der Waals surface area (Å²) in [6, 6.07) is 14.1. The highest BCUT2D eigenvalue weighted by molar-refractivity contribution is 9.10. The highest BCUT2D eigenvalue weighted by atomic mass is 79.9. The fraction of sp³-hybridized carbons (Fsp3) is 0.318. The maximum atomic E-state index is 12.5. The van der Waals surface area contributed by atoms with E-state index in [2.05, 4.69) is 33.5 Å². The number of hydrogen-bond donors (Lipinski definition) is 2. The first-order chi connectivity index (χ1) is 14.0. The van der Waals surface area contributed by atoms with Crippen LogP contribution in [0.15, 0.2) is 53.0 Å². The molecular weight excluding hydrogens is 434 g/mol. The van der Waals surface area contributed by atoms with Crippen LogP contribution in [0.5, 0.6) is 0 Å². The Morgan fingerprint density at radius 3 is 2.52 bits per heavy atom. The van der Waals surface area contributed by atoms with E-state index in [0.717, 1.165) is 17.3 Å². The molecule has 0 aliphatic carbocycles. The van der Waals surface area contributed by atoms with Crippen molar-refractivity contribution in [2.75, 3.05) is 23.7 Å². The summed E-state index contributed by atoms with van der Waals surface area (Å²) in [6.07, 6.45) is 2.22. The van der Waals surface area contributed by atoms with Gasteiger partial charge in [-0.25, -0.2) is 0 Å². The Balaban J connectivity index is 1.56. The molecule has 3 rings (SSSR count). The predicted molar refractivity (Wildman–Crippen MR) is 117 cm³/mol. The smallest absolute Gasteiger partial charge is 0.255 e. The number of para-hydroxylation sites is 1. The standard InChI is InChI=1S/C22H24BrN3O3/c1-2-3-12-26-14-16(13-20(26)27)22(29)24-17-10-8-15(9-11-17)21(28)25-19-7-5-4-6-18(19)23/h4-11,16H,2-3,12-14H2,1H3,(H,24,29)(H,25,28)/t16-/m0/s1. The Hall–Kier alpha value is -2.67. The van der Waals surface area contributed by atoms with Crippen molar-refractivity contribution in [3.63, 3.8) is 0 Å². The van der Waals surface area contributed by atoms with Gasteiger partial charge in [0, 0.05) is 35.2 Å². The summed E-state index contributed by atoms with van der Waals surface area (Å²) in [6.45, 7) is 3.25. The predicted octanol–water partition coefficient (Wildman–Crippen LogP) is 4.29. The molecular formula is C22H24BrN3O3. The molecule has 2 aromatic rings. The SMILES string of the molecule is CCCCN1C[C@@H](C(=O)Nc2ccc(C(=O)Nc3ccccc3Br)cc2)CC1=O. The van der Waals surface area contributed by atoms with Crippen molar-refractivity contribution in [3.8, 4) is 0 Å². The zero-order valence-corrected chi connectivity index (χ0v) is 17.9. The molecule has 0 bridgehead atoms. The van der Waals surface area contributed by atoms with E-state index in [0.29, 0.717) is 30.0 Å². The Bertz CT molecular complexity index is 898. The molecule has 1 saturated heterocycles. The van der Waals surface area contributed by atoms with Crippen LogP contribution < -0.4 is 10.6 Å². The lowest BCUT2D eigenvalue weighted by atomic mass is 10.1. The molecule has 0 saturated carbocycles. The van der Waals surface area contributed by atoms with Gasteiger partial charge in [0.25, 0.3) is 5.91 Å². The van der Waals surface area contributed by atoms with E-state index in [1.165, 1.54) is 0 Å². The molecule has 1 aliphatic rings. The largest absolute Gasteiger partial charge is 0.342 e. The van der Waals surface area contributed by atoms with Crippen molar-refractivity contribution >= 4 is 45.0 Å². The number of nitrogens with one attached hydrogen (secondary N) is 2. The molecule has 2 N–H and O–H groups in total. The van der Waals surface area contributed by atoms with Gasteiger partial charge >= 0.3 is 0 Å². The van der Waals surface area contributed by atoms with E-state index >= 15 is 0 Å². The molecule has 0 radical (unpaired) electrons. The van der Waals surface area contributed by atoms with Crippen LogP contribution >= 0.6 is 15.9 Å². The van der Waals surface area contributed by atoms with Crippen molar-refractivity contribution in [1.29, 1.82) is 0 Å². The summed E-state index contributed by atoms with van der Waals surface area (Å²) in [5, 5.41) is 5.69. The van der Waals surface area contributed by atoms with E-state index in [1.54, 1.807) is 29.2 Å². The van der Waals surface area contributed by atoms with Gasteiger partial charge in [-0.1, -0.05) is 25.5 Å². The number of carbonyl (C=O) groups excluding carboxylic acids is 3. The van der Waals surface area contributed by atoms with Crippen molar-refractivity contribution in [2.24, 2.45) is 5.92 Å². The first-order valence-electron chi connectivity index (χ1n) is 9.72. The summed E-state index contributed by atoms with van der Waals surface area (Å²) in [7, 11) is 0. The molecule has 1 aliphatic heterocycles. The van der Waals surface area contributed by atoms with Gasteiger partial charge in [0.05, 0.1) is 11.6 Å². The van der Waals surface area contributed by atoms with Crippen molar-refractivity contribution < 1.29 is 14.4 Å². The molecule has 3 amide bonds. The molecule has 7 heteroatoms. The van der Waals surface area contributed by atoms with Gasteiger partial charge in [-0.15, -0.1) is 0 Å². The second-order valence-corrected chi connectivity index (χ2v) is 7.95. The summed E-state index contributed by atoms with van der Waals surface area (Å²) in [4.78, 5) is 38.7. The van der Waals surface area contributed by atoms with Crippen LogP contribution in [0.25, 0.3) is 0 Å². The number of nitrogens with zero attached hydrogens (tertiary/aromatic N) is 1. The maximum Gasteiger partial charge on any atom is 0.255 e. The minimum absolute atomic E-state index is 0.0395. The molecule has 1 heterocycles. The Labute approximate surface area is 178 Å². The van der Waals surface area contributed by atoms with Crippen LogP contribution in [0.1, 0.15) is 36.5 Å².